The summed E-state index contributed by atoms with van der Waals surface area (Å²) in [4.78, 5) is 0. The van der Waals surface area contributed by atoms with Gasteiger partial charge < -0.3 is 15.2 Å². The van der Waals surface area contributed by atoms with Gasteiger partial charge in [-0.05, 0) is 25.3 Å². The molecule has 0 spiro atoms. The molecule has 1 fully saturated rings. The van der Waals surface area contributed by atoms with Crippen molar-refractivity contribution in [2.24, 2.45) is 5.92 Å². The maximum Gasteiger partial charge on any atom is 0.0642 e. The van der Waals surface area contributed by atoms with Crippen molar-refractivity contribution >= 4 is 0 Å². The van der Waals surface area contributed by atoms with E-state index in [0.717, 1.165) is 19.1 Å². The van der Waals surface area contributed by atoms with Crippen molar-refractivity contribution in [1.82, 2.24) is 5.32 Å². The minimum absolute atomic E-state index is 0.110. The topological polar surface area (TPSA) is 41.5 Å². The van der Waals surface area contributed by atoms with Crippen LogP contribution in [0, 0.1) is 5.92 Å². The lowest BCUT2D eigenvalue weighted by molar-refractivity contribution is 0.0562. The monoisotopic (exact) mass is 215 g/mol. The highest BCUT2D eigenvalue weighted by atomic mass is 16.5. The van der Waals surface area contributed by atoms with E-state index in [4.69, 9.17) is 9.84 Å². The van der Waals surface area contributed by atoms with Crippen LogP contribution in [0.4, 0.5) is 0 Å². The molecular formula is C12H25NO2. The molecule has 15 heavy (non-hydrogen) atoms. The summed E-state index contributed by atoms with van der Waals surface area (Å²) in [5.74, 6) is 0.764. The van der Waals surface area contributed by atoms with Gasteiger partial charge in [0, 0.05) is 6.61 Å². The average molecular weight is 215 g/mol. The van der Waals surface area contributed by atoms with Gasteiger partial charge in [0.05, 0.1) is 19.3 Å². The Kier molecular flexibility index (Phi) is 6.98. The van der Waals surface area contributed by atoms with Crippen molar-refractivity contribution in [3.63, 3.8) is 0 Å². The Morgan fingerprint density at radius 3 is 2.67 bits per heavy atom. The Hall–Kier alpha value is -0.120. The first-order valence-electron chi connectivity index (χ1n) is 6.28. The van der Waals surface area contributed by atoms with E-state index >= 15 is 0 Å². The summed E-state index contributed by atoms with van der Waals surface area (Å²) in [6.07, 6.45) is 6.78. The quantitative estimate of drug-likeness (QED) is 0.677. The van der Waals surface area contributed by atoms with Gasteiger partial charge in [-0.15, -0.1) is 0 Å². The number of rotatable bonds is 7. The third kappa shape index (κ3) is 5.50. The molecule has 1 rings (SSSR count). The second-order valence-corrected chi connectivity index (χ2v) is 4.48. The van der Waals surface area contributed by atoms with Crippen molar-refractivity contribution in [2.75, 3.05) is 26.4 Å². The van der Waals surface area contributed by atoms with E-state index in [1.165, 1.54) is 32.1 Å². The maximum absolute atomic E-state index is 9.05. The molecular weight excluding hydrogens is 190 g/mol. The normalized spacial score (nSPS) is 20.4. The van der Waals surface area contributed by atoms with Crippen LogP contribution in [0.15, 0.2) is 0 Å². The molecule has 3 heteroatoms. The lowest BCUT2D eigenvalue weighted by atomic mass is 9.90. The zero-order chi connectivity index (χ0) is 10.9. The molecule has 0 radical (unpaired) electrons. The molecule has 90 valence electrons. The molecule has 0 aromatic heterocycles. The molecule has 0 heterocycles. The van der Waals surface area contributed by atoms with Crippen LogP contribution < -0.4 is 5.32 Å². The van der Waals surface area contributed by atoms with Gasteiger partial charge in [0.25, 0.3) is 0 Å². The van der Waals surface area contributed by atoms with E-state index in [1.807, 2.05) is 6.92 Å². The van der Waals surface area contributed by atoms with Crippen LogP contribution in [0.2, 0.25) is 0 Å². The Labute approximate surface area is 93.2 Å². The standard InChI is InChI=1S/C12H25NO2/c1-2-13-12(8-14)10-15-9-11-6-4-3-5-7-11/h11-14H,2-10H2,1H3. The highest BCUT2D eigenvalue weighted by Gasteiger charge is 2.14. The van der Waals surface area contributed by atoms with Crippen molar-refractivity contribution in [3.05, 3.63) is 0 Å². The Morgan fingerprint density at radius 1 is 1.33 bits per heavy atom. The average Bonchev–Trinajstić information content (AvgIpc) is 2.29. The Bertz CT molecular complexity index is 142. The van der Waals surface area contributed by atoms with E-state index < -0.39 is 0 Å². The fourth-order valence-corrected chi connectivity index (χ4v) is 2.20. The van der Waals surface area contributed by atoms with E-state index in [9.17, 15) is 0 Å². The first kappa shape index (κ1) is 12.9. The lowest BCUT2D eigenvalue weighted by Crippen LogP contribution is -2.37. The van der Waals surface area contributed by atoms with Crippen LogP contribution >= 0.6 is 0 Å². The molecule has 0 aromatic rings. The molecule has 2 N–H and O–H groups in total. The highest BCUT2D eigenvalue weighted by molar-refractivity contribution is 4.67. The minimum atomic E-state index is 0.110. The molecule has 0 aromatic carbocycles. The van der Waals surface area contributed by atoms with E-state index in [1.54, 1.807) is 0 Å². The summed E-state index contributed by atoms with van der Waals surface area (Å²) in [6.45, 7) is 4.61. The zero-order valence-corrected chi connectivity index (χ0v) is 9.87. The van der Waals surface area contributed by atoms with Gasteiger partial charge in [0.1, 0.15) is 0 Å². The number of hydrogen-bond donors (Lipinski definition) is 2. The molecule has 0 saturated heterocycles. The Balaban J connectivity index is 2.03. The summed E-state index contributed by atoms with van der Waals surface area (Å²) in [5.41, 5.74) is 0. The van der Waals surface area contributed by atoms with Gasteiger partial charge in [-0.1, -0.05) is 26.2 Å². The zero-order valence-electron chi connectivity index (χ0n) is 9.87. The van der Waals surface area contributed by atoms with Crippen LogP contribution in [0.5, 0.6) is 0 Å². The number of aliphatic hydroxyl groups excluding tert-OH is 1. The fraction of sp³-hybridized carbons (Fsp3) is 1.00. The molecule has 3 nitrogen and oxygen atoms in total. The summed E-state index contributed by atoms with van der Waals surface area (Å²) in [7, 11) is 0. The summed E-state index contributed by atoms with van der Waals surface area (Å²) < 4.78 is 5.66. The van der Waals surface area contributed by atoms with Crippen molar-refractivity contribution in [3.8, 4) is 0 Å². The van der Waals surface area contributed by atoms with Gasteiger partial charge in [0.15, 0.2) is 0 Å². The summed E-state index contributed by atoms with van der Waals surface area (Å²) in [6, 6.07) is 0.110. The lowest BCUT2D eigenvalue weighted by Gasteiger charge is -2.22. The molecule has 1 aliphatic rings. The van der Waals surface area contributed by atoms with Gasteiger partial charge in [-0.2, -0.15) is 0 Å². The van der Waals surface area contributed by atoms with Crippen LogP contribution in [0.1, 0.15) is 39.0 Å². The smallest absolute Gasteiger partial charge is 0.0642 e. The molecule has 0 aliphatic heterocycles. The van der Waals surface area contributed by atoms with Crippen LogP contribution in [-0.4, -0.2) is 37.5 Å². The Morgan fingerprint density at radius 2 is 2.07 bits per heavy atom. The molecule has 1 saturated carbocycles. The molecule has 1 aliphatic carbocycles. The van der Waals surface area contributed by atoms with Crippen LogP contribution in [-0.2, 0) is 4.74 Å². The number of likely N-dealkylation sites (N-methyl/N-ethyl adjacent to an activating group) is 1. The largest absolute Gasteiger partial charge is 0.395 e. The first-order chi connectivity index (χ1) is 7.36. The summed E-state index contributed by atoms with van der Waals surface area (Å²) in [5, 5.41) is 12.2. The second kappa shape index (κ2) is 8.08. The highest BCUT2D eigenvalue weighted by Crippen LogP contribution is 2.23. The summed E-state index contributed by atoms with van der Waals surface area (Å²) >= 11 is 0. The number of hydrogen-bond acceptors (Lipinski definition) is 3. The van der Waals surface area contributed by atoms with Crippen molar-refractivity contribution < 1.29 is 9.84 Å². The molecule has 1 atom stereocenters. The second-order valence-electron chi connectivity index (χ2n) is 4.48. The van der Waals surface area contributed by atoms with E-state index in [-0.39, 0.29) is 12.6 Å². The van der Waals surface area contributed by atoms with Crippen molar-refractivity contribution in [1.29, 1.82) is 0 Å². The molecule has 1 unspecified atom stereocenters. The number of aliphatic hydroxyl groups is 1. The van der Waals surface area contributed by atoms with Gasteiger partial charge in [-0.3, -0.25) is 0 Å². The number of ether oxygens (including phenoxy) is 1. The predicted octanol–water partition coefficient (Wildman–Crippen LogP) is 1.55. The van der Waals surface area contributed by atoms with Crippen molar-refractivity contribution in [2.45, 2.75) is 45.1 Å². The SMILES string of the molecule is CCNC(CO)COCC1CCCCC1. The van der Waals surface area contributed by atoms with E-state index in [0.29, 0.717) is 6.61 Å². The maximum atomic E-state index is 9.05. The molecule has 0 amide bonds. The van der Waals surface area contributed by atoms with Crippen LogP contribution in [0.25, 0.3) is 0 Å². The first-order valence-corrected chi connectivity index (χ1v) is 6.28. The van der Waals surface area contributed by atoms with Gasteiger partial charge in [0.2, 0.25) is 0 Å². The number of nitrogens with one attached hydrogen (secondary N) is 1. The van der Waals surface area contributed by atoms with Gasteiger partial charge >= 0.3 is 0 Å². The molecule has 0 bridgehead atoms. The van der Waals surface area contributed by atoms with Gasteiger partial charge in [-0.25, -0.2) is 0 Å². The third-order valence-corrected chi connectivity index (χ3v) is 3.11. The predicted molar refractivity (Wildman–Crippen MR) is 61.9 cm³/mol. The third-order valence-electron chi connectivity index (χ3n) is 3.11. The van der Waals surface area contributed by atoms with Crippen LogP contribution in [0.3, 0.4) is 0 Å². The fourth-order valence-electron chi connectivity index (χ4n) is 2.20. The van der Waals surface area contributed by atoms with E-state index in [2.05, 4.69) is 5.32 Å². The minimum Gasteiger partial charge on any atom is -0.395 e.